The van der Waals surface area contributed by atoms with Crippen LogP contribution in [-0.4, -0.2) is 34.8 Å². The summed E-state index contributed by atoms with van der Waals surface area (Å²) in [6, 6.07) is 0. The van der Waals surface area contributed by atoms with Crippen LogP contribution in [0.25, 0.3) is 10.6 Å². The predicted octanol–water partition coefficient (Wildman–Crippen LogP) is 1.60. The van der Waals surface area contributed by atoms with Crippen LogP contribution in [0.5, 0.6) is 0 Å². The number of nitrogens with one attached hydrogen (secondary N) is 1. The van der Waals surface area contributed by atoms with E-state index in [2.05, 4.69) is 15.3 Å². The zero-order chi connectivity index (χ0) is 11.4. The van der Waals surface area contributed by atoms with Gasteiger partial charge in [0.2, 0.25) is 0 Å². The minimum atomic E-state index is 0.681. The van der Waals surface area contributed by atoms with Crippen molar-refractivity contribution in [1.29, 1.82) is 0 Å². The van der Waals surface area contributed by atoms with E-state index < -0.39 is 0 Å². The van der Waals surface area contributed by atoms with Crippen LogP contribution in [0.3, 0.4) is 0 Å². The lowest BCUT2D eigenvalue weighted by atomic mass is 10.4. The van der Waals surface area contributed by atoms with Crippen molar-refractivity contribution in [1.82, 2.24) is 14.5 Å². The normalized spacial score (nSPS) is 10.6. The second-order valence-corrected chi connectivity index (χ2v) is 4.37. The Kier molecular flexibility index (Phi) is 3.53. The van der Waals surface area contributed by atoms with E-state index in [4.69, 9.17) is 4.74 Å². The quantitative estimate of drug-likeness (QED) is 0.804. The molecule has 1 N–H and O–H groups in total. The fourth-order valence-corrected chi connectivity index (χ4v) is 2.22. The fraction of sp³-hybridized carbons (Fsp3) is 0.400. The first kappa shape index (κ1) is 11.1. The molecule has 0 bridgehead atoms. The standard InChI is InChI=1S/C10H14N4OS/c1-14-7-11-5-8(14)9-6-13-10(16-9)12-3-4-15-2/h5-7H,3-4H2,1-2H3,(H,12,13). The van der Waals surface area contributed by atoms with Crippen LogP contribution >= 0.6 is 11.3 Å². The molecule has 2 aromatic heterocycles. The number of aromatic nitrogens is 3. The van der Waals surface area contributed by atoms with Crippen LogP contribution in [0, 0.1) is 0 Å². The number of imidazole rings is 1. The number of aryl methyl sites for hydroxylation is 1. The summed E-state index contributed by atoms with van der Waals surface area (Å²) in [4.78, 5) is 9.49. The van der Waals surface area contributed by atoms with Gasteiger partial charge in [0.1, 0.15) is 0 Å². The number of rotatable bonds is 5. The average molecular weight is 238 g/mol. The zero-order valence-electron chi connectivity index (χ0n) is 9.30. The zero-order valence-corrected chi connectivity index (χ0v) is 10.1. The molecule has 0 amide bonds. The average Bonchev–Trinajstić information content (AvgIpc) is 2.87. The van der Waals surface area contributed by atoms with Gasteiger partial charge in [-0.15, -0.1) is 0 Å². The maximum Gasteiger partial charge on any atom is 0.183 e. The Morgan fingerprint density at radius 1 is 1.50 bits per heavy atom. The molecule has 2 aromatic rings. The monoisotopic (exact) mass is 238 g/mol. The van der Waals surface area contributed by atoms with Crippen LogP contribution in [0.15, 0.2) is 18.7 Å². The Morgan fingerprint density at radius 2 is 2.38 bits per heavy atom. The molecular formula is C10H14N4OS. The highest BCUT2D eigenvalue weighted by Crippen LogP contribution is 2.27. The molecule has 16 heavy (non-hydrogen) atoms. The molecule has 0 saturated carbocycles. The molecule has 86 valence electrons. The lowest BCUT2D eigenvalue weighted by Gasteiger charge is -1.99. The SMILES string of the molecule is COCCNc1ncc(-c2cncn2C)s1. The molecule has 0 spiro atoms. The summed E-state index contributed by atoms with van der Waals surface area (Å²) in [5.74, 6) is 0. The van der Waals surface area contributed by atoms with Gasteiger partial charge < -0.3 is 14.6 Å². The number of thiazole rings is 1. The summed E-state index contributed by atoms with van der Waals surface area (Å²) >= 11 is 1.62. The molecule has 6 heteroatoms. The van der Waals surface area contributed by atoms with Gasteiger partial charge >= 0.3 is 0 Å². The number of nitrogens with zero attached hydrogens (tertiary/aromatic N) is 3. The molecule has 2 rings (SSSR count). The molecule has 0 saturated heterocycles. The molecule has 0 fully saturated rings. The Labute approximate surface area is 98.1 Å². The first-order valence-electron chi connectivity index (χ1n) is 4.96. The van der Waals surface area contributed by atoms with Crippen LogP contribution in [0.1, 0.15) is 0 Å². The topological polar surface area (TPSA) is 52.0 Å². The highest BCUT2D eigenvalue weighted by molar-refractivity contribution is 7.18. The van der Waals surface area contributed by atoms with Crippen LogP contribution in [0.4, 0.5) is 5.13 Å². The lowest BCUT2D eigenvalue weighted by molar-refractivity contribution is 0.211. The van der Waals surface area contributed by atoms with Crippen molar-refractivity contribution < 1.29 is 4.74 Å². The second-order valence-electron chi connectivity index (χ2n) is 3.34. The molecule has 0 aromatic carbocycles. The van der Waals surface area contributed by atoms with Gasteiger partial charge in [-0.25, -0.2) is 9.97 Å². The molecule has 0 atom stereocenters. The van der Waals surface area contributed by atoms with Gasteiger partial charge in [-0.05, 0) is 0 Å². The van der Waals surface area contributed by atoms with Crippen molar-refractivity contribution in [3.63, 3.8) is 0 Å². The van der Waals surface area contributed by atoms with Gasteiger partial charge in [0.25, 0.3) is 0 Å². The third-order valence-electron chi connectivity index (χ3n) is 2.16. The van der Waals surface area contributed by atoms with Gasteiger partial charge in [-0.3, -0.25) is 0 Å². The third kappa shape index (κ3) is 2.40. The van der Waals surface area contributed by atoms with Gasteiger partial charge in [-0.2, -0.15) is 0 Å². The molecule has 0 radical (unpaired) electrons. The van der Waals surface area contributed by atoms with Crippen molar-refractivity contribution in [3.8, 4) is 10.6 Å². The summed E-state index contributed by atoms with van der Waals surface area (Å²) < 4.78 is 6.94. The fourth-order valence-electron chi connectivity index (χ4n) is 1.33. The Bertz CT molecular complexity index is 451. The predicted molar refractivity (Wildman–Crippen MR) is 64.7 cm³/mol. The minimum Gasteiger partial charge on any atom is -0.383 e. The Morgan fingerprint density at radius 3 is 3.06 bits per heavy atom. The van der Waals surface area contributed by atoms with Crippen molar-refractivity contribution in [2.75, 3.05) is 25.6 Å². The summed E-state index contributed by atoms with van der Waals surface area (Å²) in [6.45, 7) is 1.45. The number of hydrogen-bond acceptors (Lipinski definition) is 5. The smallest absolute Gasteiger partial charge is 0.183 e. The van der Waals surface area contributed by atoms with Crippen molar-refractivity contribution >= 4 is 16.5 Å². The largest absolute Gasteiger partial charge is 0.383 e. The van der Waals surface area contributed by atoms with E-state index in [-0.39, 0.29) is 0 Å². The van der Waals surface area contributed by atoms with Gasteiger partial charge in [0.15, 0.2) is 5.13 Å². The summed E-state index contributed by atoms with van der Waals surface area (Å²) in [6.07, 6.45) is 5.48. The maximum atomic E-state index is 4.96. The van der Waals surface area contributed by atoms with E-state index in [0.717, 1.165) is 22.2 Å². The summed E-state index contributed by atoms with van der Waals surface area (Å²) in [7, 11) is 3.66. The maximum absolute atomic E-state index is 4.96. The number of anilines is 1. The molecule has 0 aliphatic rings. The number of methoxy groups -OCH3 is 1. The first-order valence-corrected chi connectivity index (χ1v) is 5.78. The summed E-state index contributed by atoms with van der Waals surface area (Å²) in [5.41, 5.74) is 1.08. The number of hydrogen-bond donors (Lipinski definition) is 1. The highest BCUT2D eigenvalue weighted by Gasteiger charge is 2.06. The molecule has 0 unspecified atom stereocenters. The van der Waals surface area contributed by atoms with E-state index in [1.807, 2.05) is 24.0 Å². The Balaban J connectivity index is 2.05. The van der Waals surface area contributed by atoms with Crippen molar-refractivity contribution in [3.05, 3.63) is 18.7 Å². The van der Waals surface area contributed by atoms with E-state index in [9.17, 15) is 0 Å². The molecule has 0 aliphatic heterocycles. The molecular weight excluding hydrogens is 224 g/mol. The van der Waals surface area contributed by atoms with Gasteiger partial charge in [-0.1, -0.05) is 11.3 Å². The van der Waals surface area contributed by atoms with Crippen LogP contribution in [0.2, 0.25) is 0 Å². The van der Waals surface area contributed by atoms with Crippen LogP contribution in [-0.2, 0) is 11.8 Å². The highest BCUT2D eigenvalue weighted by atomic mass is 32.1. The van der Waals surface area contributed by atoms with E-state index in [1.165, 1.54) is 0 Å². The van der Waals surface area contributed by atoms with Crippen LogP contribution < -0.4 is 5.32 Å². The third-order valence-corrected chi connectivity index (χ3v) is 3.13. The Hall–Kier alpha value is -1.40. The number of ether oxygens (including phenoxy) is 1. The molecule has 0 aliphatic carbocycles. The second kappa shape index (κ2) is 5.09. The van der Waals surface area contributed by atoms with E-state index in [1.54, 1.807) is 24.8 Å². The summed E-state index contributed by atoms with van der Waals surface area (Å²) in [5, 5.41) is 4.11. The molecule has 2 heterocycles. The van der Waals surface area contributed by atoms with E-state index >= 15 is 0 Å². The van der Waals surface area contributed by atoms with Gasteiger partial charge in [0, 0.05) is 26.9 Å². The van der Waals surface area contributed by atoms with Gasteiger partial charge in [0.05, 0.1) is 29.7 Å². The first-order chi connectivity index (χ1) is 7.81. The van der Waals surface area contributed by atoms with E-state index in [0.29, 0.717) is 6.61 Å². The van der Waals surface area contributed by atoms with Crippen molar-refractivity contribution in [2.24, 2.45) is 7.05 Å². The minimum absolute atomic E-state index is 0.681. The van der Waals surface area contributed by atoms with Crippen molar-refractivity contribution in [2.45, 2.75) is 0 Å². The molecule has 5 nitrogen and oxygen atoms in total. The lowest BCUT2D eigenvalue weighted by Crippen LogP contribution is -2.06.